The summed E-state index contributed by atoms with van der Waals surface area (Å²) in [6.45, 7) is 6.43. The number of amides is 1. The summed E-state index contributed by atoms with van der Waals surface area (Å²) in [5.41, 5.74) is 0.666. The van der Waals surface area contributed by atoms with Gasteiger partial charge in [0.15, 0.2) is 0 Å². The van der Waals surface area contributed by atoms with Crippen molar-refractivity contribution >= 4 is 21.6 Å². The normalized spacial score (nSPS) is 11.3. The summed E-state index contributed by atoms with van der Waals surface area (Å²) in [6.07, 6.45) is 3.24. The van der Waals surface area contributed by atoms with Gasteiger partial charge in [-0.25, -0.2) is 8.42 Å². The third-order valence-corrected chi connectivity index (χ3v) is 6.87. The number of anilines is 1. The van der Waals surface area contributed by atoms with Crippen LogP contribution in [0.15, 0.2) is 71.9 Å². The van der Waals surface area contributed by atoms with Crippen LogP contribution in [-0.4, -0.2) is 43.3 Å². The fourth-order valence-electron chi connectivity index (χ4n) is 3.17. The first-order chi connectivity index (χ1) is 15.9. The highest BCUT2D eigenvalue weighted by Gasteiger charge is 2.23. The number of nitrogens with zero attached hydrogens (tertiary/aromatic N) is 2. The van der Waals surface area contributed by atoms with Crippen molar-refractivity contribution in [1.29, 1.82) is 0 Å². The van der Waals surface area contributed by atoms with E-state index in [4.69, 9.17) is 9.47 Å². The Morgan fingerprint density at radius 1 is 1.00 bits per heavy atom. The Hall–Kier alpha value is -3.43. The average molecular weight is 470 g/mol. The Labute approximate surface area is 194 Å². The number of carbonyl (C=O) groups excluding carboxylic acids is 1. The van der Waals surface area contributed by atoms with Crippen molar-refractivity contribution in [3.05, 3.63) is 72.6 Å². The Morgan fingerprint density at radius 2 is 1.73 bits per heavy atom. The topological polar surface area (TPSA) is 97.8 Å². The van der Waals surface area contributed by atoms with E-state index in [2.05, 4.69) is 10.3 Å². The fourth-order valence-corrected chi connectivity index (χ4v) is 4.66. The molecule has 0 spiro atoms. The first kappa shape index (κ1) is 24.2. The number of hydrogen-bond acceptors (Lipinski definition) is 6. The van der Waals surface area contributed by atoms with E-state index in [0.29, 0.717) is 42.5 Å². The SMILES string of the molecule is CCOc1ccc(S(=O)(=O)N(CC)CC)cc1NC(=O)c1ccc(Oc2cccnc2)cc1. The molecule has 1 amide bonds. The van der Waals surface area contributed by atoms with Crippen LogP contribution in [0.25, 0.3) is 0 Å². The number of benzene rings is 2. The number of aromatic nitrogens is 1. The molecule has 0 aliphatic carbocycles. The summed E-state index contributed by atoms with van der Waals surface area (Å²) in [5, 5.41) is 2.77. The molecule has 0 saturated carbocycles. The summed E-state index contributed by atoms with van der Waals surface area (Å²) < 4.78 is 38.5. The van der Waals surface area contributed by atoms with Crippen molar-refractivity contribution in [3.63, 3.8) is 0 Å². The van der Waals surface area contributed by atoms with Crippen LogP contribution in [0, 0.1) is 0 Å². The van der Waals surface area contributed by atoms with Gasteiger partial charge >= 0.3 is 0 Å². The molecule has 8 nitrogen and oxygen atoms in total. The lowest BCUT2D eigenvalue weighted by Crippen LogP contribution is -2.30. The molecule has 174 valence electrons. The van der Waals surface area contributed by atoms with Crippen molar-refractivity contribution in [3.8, 4) is 17.2 Å². The lowest BCUT2D eigenvalue weighted by molar-refractivity contribution is 0.102. The molecule has 3 rings (SSSR count). The second kappa shape index (κ2) is 10.9. The predicted octanol–water partition coefficient (Wildman–Crippen LogP) is 4.56. The van der Waals surface area contributed by atoms with Crippen molar-refractivity contribution < 1.29 is 22.7 Å². The standard InChI is InChI=1S/C24H27N3O5S/c1-4-27(5-2)33(29,30)21-13-14-23(31-6-3)22(16-21)26-24(28)18-9-11-19(12-10-18)32-20-8-7-15-25-17-20/h7-17H,4-6H2,1-3H3,(H,26,28). The van der Waals surface area contributed by atoms with Crippen LogP contribution in [0.5, 0.6) is 17.2 Å². The first-order valence-electron chi connectivity index (χ1n) is 10.6. The first-order valence-corrected chi connectivity index (χ1v) is 12.1. The number of ether oxygens (including phenoxy) is 2. The van der Waals surface area contributed by atoms with Crippen LogP contribution in [0.2, 0.25) is 0 Å². The zero-order chi connectivity index (χ0) is 23.8. The minimum Gasteiger partial charge on any atom is -0.492 e. The molecule has 1 N–H and O–H groups in total. The van der Waals surface area contributed by atoms with E-state index in [-0.39, 0.29) is 10.6 Å². The molecule has 0 unspecified atom stereocenters. The summed E-state index contributed by atoms with van der Waals surface area (Å²) in [4.78, 5) is 17.0. The quantitative estimate of drug-likeness (QED) is 0.468. The maximum atomic E-state index is 12.9. The highest BCUT2D eigenvalue weighted by Crippen LogP contribution is 2.30. The Kier molecular flexibility index (Phi) is 8.02. The minimum absolute atomic E-state index is 0.0881. The van der Waals surface area contributed by atoms with Crippen LogP contribution in [0.3, 0.4) is 0 Å². The van der Waals surface area contributed by atoms with E-state index in [0.717, 1.165) is 0 Å². The predicted molar refractivity (Wildman–Crippen MR) is 126 cm³/mol. The maximum Gasteiger partial charge on any atom is 0.255 e. The van der Waals surface area contributed by atoms with Crippen LogP contribution >= 0.6 is 0 Å². The number of carbonyl (C=O) groups is 1. The molecule has 1 aromatic heterocycles. The molecule has 0 fully saturated rings. The Morgan fingerprint density at radius 3 is 2.33 bits per heavy atom. The molecule has 2 aromatic carbocycles. The number of rotatable bonds is 10. The zero-order valence-electron chi connectivity index (χ0n) is 18.8. The molecule has 0 bridgehead atoms. The van der Waals surface area contributed by atoms with E-state index in [9.17, 15) is 13.2 Å². The van der Waals surface area contributed by atoms with Crippen molar-refractivity contribution in [1.82, 2.24) is 9.29 Å². The highest BCUT2D eigenvalue weighted by molar-refractivity contribution is 7.89. The van der Waals surface area contributed by atoms with Gasteiger partial charge in [0.1, 0.15) is 17.2 Å². The van der Waals surface area contributed by atoms with Crippen molar-refractivity contribution in [2.45, 2.75) is 25.7 Å². The van der Waals surface area contributed by atoms with Gasteiger partial charge in [-0.15, -0.1) is 0 Å². The maximum absolute atomic E-state index is 12.9. The monoisotopic (exact) mass is 469 g/mol. The molecule has 9 heteroatoms. The van der Waals surface area contributed by atoms with E-state index in [1.54, 1.807) is 68.7 Å². The van der Waals surface area contributed by atoms with E-state index in [1.165, 1.54) is 16.4 Å². The highest BCUT2D eigenvalue weighted by atomic mass is 32.2. The number of sulfonamides is 1. The van der Waals surface area contributed by atoms with Gasteiger partial charge in [-0.2, -0.15) is 4.31 Å². The van der Waals surface area contributed by atoms with Gasteiger partial charge in [-0.3, -0.25) is 9.78 Å². The summed E-state index contributed by atoms with van der Waals surface area (Å²) in [7, 11) is -3.69. The molecule has 0 aliphatic heterocycles. The number of nitrogens with one attached hydrogen (secondary N) is 1. The Bertz CT molecular complexity index is 1180. The van der Waals surface area contributed by atoms with Gasteiger partial charge < -0.3 is 14.8 Å². The third-order valence-electron chi connectivity index (χ3n) is 4.83. The smallest absolute Gasteiger partial charge is 0.255 e. The molecular formula is C24H27N3O5S. The Balaban J connectivity index is 1.83. The van der Waals surface area contributed by atoms with Gasteiger partial charge in [0.2, 0.25) is 10.0 Å². The lowest BCUT2D eigenvalue weighted by atomic mass is 10.2. The molecule has 1 heterocycles. The fraction of sp³-hybridized carbons (Fsp3) is 0.250. The lowest BCUT2D eigenvalue weighted by Gasteiger charge is -2.20. The van der Waals surface area contributed by atoms with Crippen LogP contribution < -0.4 is 14.8 Å². The largest absolute Gasteiger partial charge is 0.492 e. The second-order valence-corrected chi connectivity index (χ2v) is 8.89. The molecule has 0 aliphatic rings. The van der Waals surface area contributed by atoms with Gasteiger partial charge in [-0.05, 0) is 61.5 Å². The summed E-state index contributed by atoms with van der Waals surface area (Å²) in [5.74, 6) is 1.13. The number of hydrogen-bond donors (Lipinski definition) is 1. The number of pyridine rings is 1. The van der Waals surface area contributed by atoms with E-state index < -0.39 is 15.9 Å². The molecular weight excluding hydrogens is 442 g/mol. The van der Waals surface area contributed by atoms with Crippen LogP contribution in [0.4, 0.5) is 5.69 Å². The third kappa shape index (κ3) is 5.88. The van der Waals surface area contributed by atoms with Crippen molar-refractivity contribution in [2.75, 3.05) is 25.0 Å². The van der Waals surface area contributed by atoms with Gasteiger partial charge in [0.25, 0.3) is 5.91 Å². The molecule has 3 aromatic rings. The zero-order valence-corrected chi connectivity index (χ0v) is 19.6. The van der Waals surface area contributed by atoms with Crippen molar-refractivity contribution in [2.24, 2.45) is 0 Å². The van der Waals surface area contributed by atoms with E-state index >= 15 is 0 Å². The summed E-state index contributed by atoms with van der Waals surface area (Å²) >= 11 is 0. The molecule has 33 heavy (non-hydrogen) atoms. The molecule has 0 atom stereocenters. The van der Waals surface area contributed by atoms with Gasteiger partial charge in [0, 0.05) is 24.8 Å². The van der Waals surface area contributed by atoms with Gasteiger partial charge in [-0.1, -0.05) is 13.8 Å². The average Bonchev–Trinajstić information content (AvgIpc) is 2.82. The second-order valence-electron chi connectivity index (χ2n) is 6.95. The summed E-state index contributed by atoms with van der Waals surface area (Å²) in [6, 6.07) is 14.6. The minimum atomic E-state index is -3.69. The molecule has 0 radical (unpaired) electrons. The molecule has 0 saturated heterocycles. The van der Waals surface area contributed by atoms with E-state index in [1.807, 2.05) is 6.92 Å². The van der Waals surface area contributed by atoms with Crippen LogP contribution in [-0.2, 0) is 10.0 Å². The van der Waals surface area contributed by atoms with Crippen LogP contribution in [0.1, 0.15) is 31.1 Å². The van der Waals surface area contributed by atoms with Gasteiger partial charge in [0.05, 0.1) is 23.4 Å².